The molecular weight excluding hydrogens is 198 g/mol. The van der Waals surface area contributed by atoms with E-state index in [1.807, 2.05) is 0 Å². The first kappa shape index (κ1) is 11.0. The number of nitrogens with one attached hydrogen (secondary N) is 1. The SMILES string of the molecule is CN1CCC2(CC1)CCN(C1CNC1)CC2. The predicted octanol–water partition coefficient (Wildman–Crippen LogP) is 0.766. The minimum absolute atomic E-state index is 0.722. The van der Waals surface area contributed by atoms with Crippen LogP contribution < -0.4 is 5.32 Å². The zero-order chi connectivity index (χ0) is 11.0. The van der Waals surface area contributed by atoms with Crippen LogP contribution >= 0.6 is 0 Å². The van der Waals surface area contributed by atoms with Crippen molar-refractivity contribution in [1.82, 2.24) is 15.1 Å². The molecule has 3 nitrogen and oxygen atoms in total. The van der Waals surface area contributed by atoms with E-state index in [1.165, 1.54) is 65.0 Å². The highest BCUT2D eigenvalue weighted by Crippen LogP contribution is 2.41. The molecule has 0 unspecified atom stereocenters. The second-order valence-corrected chi connectivity index (χ2v) is 6.15. The third kappa shape index (κ3) is 2.01. The van der Waals surface area contributed by atoms with Crippen LogP contribution in [0.4, 0.5) is 0 Å². The Morgan fingerprint density at radius 1 is 0.938 bits per heavy atom. The summed E-state index contributed by atoms with van der Waals surface area (Å²) in [6, 6.07) is 0.864. The van der Waals surface area contributed by atoms with Gasteiger partial charge in [0.1, 0.15) is 0 Å². The summed E-state index contributed by atoms with van der Waals surface area (Å²) >= 11 is 0. The zero-order valence-corrected chi connectivity index (χ0v) is 10.5. The Balaban J connectivity index is 1.53. The highest BCUT2D eigenvalue weighted by atomic mass is 15.2. The Kier molecular flexibility index (Phi) is 2.94. The molecule has 3 aliphatic rings. The van der Waals surface area contributed by atoms with Crippen molar-refractivity contribution in [1.29, 1.82) is 0 Å². The molecule has 92 valence electrons. The van der Waals surface area contributed by atoms with Crippen LogP contribution in [-0.4, -0.2) is 62.2 Å². The quantitative estimate of drug-likeness (QED) is 0.708. The van der Waals surface area contributed by atoms with Gasteiger partial charge in [0, 0.05) is 19.1 Å². The van der Waals surface area contributed by atoms with E-state index in [0.29, 0.717) is 0 Å². The number of nitrogens with zero attached hydrogens (tertiary/aromatic N) is 2. The largest absolute Gasteiger partial charge is 0.314 e. The van der Waals surface area contributed by atoms with Crippen molar-refractivity contribution in [3.63, 3.8) is 0 Å². The predicted molar refractivity (Wildman–Crippen MR) is 66.6 cm³/mol. The average Bonchev–Trinajstić information content (AvgIpc) is 2.24. The van der Waals surface area contributed by atoms with E-state index in [2.05, 4.69) is 22.2 Å². The lowest BCUT2D eigenvalue weighted by molar-refractivity contribution is 0.0158. The van der Waals surface area contributed by atoms with Gasteiger partial charge in [0.15, 0.2) is 0 Å². The number of hydrogen-bond acceptors (Lipinski definition) is 3. The molecule has 0 saturated carbocycles. The molecule has 0 radical (unpaired) electrons. The number of likely N-dealkylation sites (tertiary alicyclic amines) is 2. The van der Waals surface area contributed by atoms with Crippen LogP contribution in [-0.2, 0) is 0 Å². The number of piperidine rings is 2. The molecule has 16 heavy (non-hydrogen) atoms. The maximum Gasteiger partial charge on any atom is 0.0345 e. The molecule has 0 amide bonds. The first-order valence-corrected chi connectivity index (χ1v) is 6.91. The van der Waals surface area contributed by atoms with Gasteiger partial charge in [-0.1, -0.05) is 0 Å². The third-order valence-electron chi connectivity index (χ3n) is 5.18. The average molecular weight is 223 g/mol. The Hall–Kier alpha value is -0.120. The minimum Gasteiger partial charge on any atom is -0.314 e. The van der Waals surface area contributed by atoms with E-state index in [-0.39, 0.29) is 0 Å². The van der Waals surface area contributed by atoms with E-state index in [1.54, 1.807) is 0 Å². The van der Waals surface area contributed by atoms with Crippen molar-refractivity contribution >= 4 is 0 Å². The van der Waals surface area contributed by atoms with Crippen LogP contribution in [0.5, 0.6) is 0 Å². The lowest BCUT2D eigenvalue weighted by atomic mass is 9.71. The summed E-state index contributed by atoms with van der Waals surface area (Å²) in [4.78, 5) is 5.22. The van der Waals surface area contributed by atoms with Gasteiger partial charge in [0.05, 0.1) is 0 Å². The van der Waals surface area contributed by atoms with E-state index in [9.17, 15) is 0 Å². The highest BCUT2D eigenvalue weighted by molar-refractivity contribution is 4.94. The van der Waals surface area contributed by atoms with Crippen LogP contribution in [0.25, 0.3) is 0 Å². The fourth-order valence-corrected chi connectivity index (χ4v) is 3.49. The Morgan fingerprint density at radius 3 is 2.00 bits per heavy atom. The lowest BCUT2D eigenvalue weighted by Crippen LogP contribution is -2.60. The second kappa shape index (κ2) is 4.28. The van der Waals surface area contributed by atoms with Gasteiger partial charge in [-0.15, -0.1) is 0 Å². The summed E-state index contributed by atoms with van der Waals surface area (Å²) in [6.45, 7) is 7.83. The van der Waals surface area contributed by atoms with Crippen molar-refractivity contribution in [2.45, 2.75) is 31.7 Å². The molecule has 3 heteroatoms. The first-order chi connectivity index (χ1) is 7.77. The topological polar surface area (TPSA) is 18.5 Å². The minimum atomic E-state index is 0.722. The molecule has 3 heterocycles. The highest BCUT2D eigenvalue weighted by Gasteiger charge is 2.38. The summed E-state index contributed by atoms with van der Waals surface area (Å²) in [7, 11) is 2.27. The monoisotopic (exact) mass is 223 g/mol. The van der Waals surface area contributed by atoms with E-state index in [4.69, 9.17) is 0 Å². The molecule has 3 aliphatic heterocycles. The van der Waals surface area contributed by atoms with Crippen molar-refractivity contribution in [2.75, 3.05) is 46.3 Å². The van der Waals surface area contributed by atoms with E-state index in [0.717, 1.165) is 11.5 Å². The summed E-state index contributed by atoms with van der Waals surface area (Å²) in [6.07, 6.45) is 5.80. The van der Waals surface area contributed by atoms with Crippen molar-refractivity contribution < 1.29 is 0 Å². The molecule has 3 saturated heterocycles. The van der Waals surface area contributed by atoms with Crippen molar-refractivity contribution in [3.8, 4) is 0 Å². The van der Waals surface area contributed by atoms with Gasteiger partial charge in [-0.3, -0.25) is 4.90 Å². The molecule has 0 aromatic rings. The first-order valence-electron chi connectivity index (χ1n) is 6.91. The lowest BCUT2D eigenvalue weighted by Gasteiger charge is -2.49. The van der Waals surface area contributed by atoms with Gasteiger partial charge >= 0.3 is 0 Å². The third-order valence-corrected chi connectivity index (χ3v) is 5.18. The van der Waals surface area contributed by atoms with E-state index >= 15 is 0 Å². The van der Waals surface area contributed by atoms with Gasteiger partial charge in [-0.25, -0.2) is 0 Å². The van der Waals surface area contributed by atoms with Crippen LogP contribution in [0.15, 0.2) is 0 Å². The smallest absolute Gasteiger partial charge is 0.0345 e. The Labute approximate surface area is 99.2 Å². The summed E-state index contributed by atoms with van der Waals surface area (Å²) in [5.74, 6) is 0. The fraction of sp³-hybridized carbons (Fsp3) is 1.00. The molecule has 3 rings (SSSR count). The molecule has 1 spiro atoms. The van der Waals surface area contributed by atoms with Crippen molar-refractivity contribution in [2.24, 2.45) is 5.41 Å². The molecule has 3 fully saturated rings. The normalized spacial score (nSPS) is 32.8. The maximum atomic E-state index is 3.39. The molecule has 0 atom stereocenters. The van der Waals surface area contributed by atoms with Gasteiger partial charge in [-0.2, -0.15) is 0 Å². The van der Waals surface area contributed by atoms with Gasteiger partial charge < -0.3 is 10.2 Å². The summed E-state index contributed by atoms with van der Waals surface area (Å²) < 4.78 is 0. The van der Waals surface area contributed by atoms with Crippen LogP contribution in [0.3, 0.4) is 0 Å². The molecule has 0 aliphatic carbocycles. The molecular formula is C13H25N3. The van der Waals surface area contributed by atoms with Crippen LogP contribution in [0.2, 0.25) is 0 Å². The molecule has 0 bridgehead atoms. The fourth-order valence-electron chi connectivity index (χ4n) is 3.49. The van der Waals surface area contributed by atoms with Crippen LogP contribution in [0, 0.1) is 5.41 Å². The summed E-state index contributed by atoms with van der Waals surface area (Å²) in [5, 5.41) is 3.39. The Morgan fingerprint density at radius 2 is 1.50 bits per heavy atom. The Bertz CT molecular complexity index is 232. The van der Waals surface area contributed by atoms with E-state index < -0.39 is 0 Å². The van der Waals surface area contributed by atoms with Gasteiger partial charge in [0.25, 0.3) is 0 Å². The number of rotatable bonds is 1. The maximum absolute atomic E-state index is 3.39. The molecule has 1 N–H and O–H groups in total. The van der Waals surface area contributed by atoms with Crippen LogP contribution in [0.1, 0.15) is 25.7 Å². The van der Waals surface area contributed by atoms with Gasteiger partial charge in [-0.05, 0) is 64.3 Å². The number of hydrogen-bond donors (Lipinski definition) is 1. The zero-order valence-electron chi connectivity index (χ0n) is 10.5. The molecule has 0 aromatic carbocycles. The van der Waals surface area contributed by atoms with Gasteiger partial charge in [0.2, 0.25) is 0 Å². The standard InChI is InChI=1S/C13H25N3/c1-15-6-2-13(3-7-15)4-8-16(9-5-13)12-10-14-11-12/h12,14H,2-11H2,1H3. The summed E-state index contributed by atoms with van der Waals surface area (Å²) in [5.41, 5.74) is 0.722. The van der Waals surface area contributed by atoms with Crippen molar-refractivity contribution in [3.05, 3.63) is 0 Å². The second-order valence-electron chi connectivity index (χ2n) is 6.15. The molecule has 0 aromatic heterocycles.